The van der Waals surface area contributed by atoms with Gasteiger partial charge in [-0.3, -0.25) is 28.8 Å². The zero-order chi connectivity index (χ0) is 37.2. The van der Waals surface area contributed by atoms with E-state index in [0.29, 0.717) is 24.2 Å². The van der Waals surface area contributed by atoms with Gasteiger partial charge >= 0.3 is 11.9 Å². The van der Waals surface area contributed by atoms with Gasteiger partial charge in [-0.2, -0.15) is 0 Å². The molecule has 0 radical (unpaired) electrons. The van der Waals surface area contributed by atoms with E-state index in [1.165, 1.54) is 25.3 Å². The highest BCUT2D eigenvalue weighted by molar-refractivity contribution is 5.98. The van der Waals surface area contributed by atoms with Crippen LogP contribution in [0.3, 0.4) is 0 Å². The van der Waals surface area contributed by atoms with Crippen molar-refractivity contribution in [2.24, 2.45) is 11.8 Å². The maximum absolute atomic E-state index is 13.3. The highest BCUT2D eigenvalue weighted by Gasteiger charge is 2.32. The van der Waals surface area contributed by atoms with E-state index in [4.69, 9.17) is 9.25 Å². The largest absolute Gasteiger partial charge is 0.469 e. The molecule has 0 aliphatic carbocycles. The van der Waals surface area contributed by atoms with Gasteiger partial charge in [-0.15, -0.1) is 0 Å². The minimum atomic E-state index is -1.23. The zero-order valence-electron chi connectivity index (χ0n) is 29.3. The number of esters is 2. The molecule has 14 heteroatoms. The lowest BCUT2D eigenvalue weighted by molar-refractivity contribution is -0.149. The standard InChI is InChI=1S/C37H46N4O10/c1-5-7-9-14-28(27(6-2)35(45)41-50-22-24-12-10-8-11-13-24)34(44)38-23-39-36(46)31-20-19-30(51-31)25-15-17-26(18-16-25)33(43)40-29(37(47)49-4)21-32(42)48-3/h8,10-13,15-20,27-29H,5-7,9,14,21-23H2,1-4H3,(H,38,44)(H,39,46)(H,40,43)(H,41,45)/t27-,28-,29-/m1/s1. The van der Waals surface area contributed by atoms with Crippen LogP contribution in [0.4, 0.5) is 0 Å². The van der Waals surface area contributed by atoms with Gasteiger partial charge < -0.3 is 29.8 Å². The maximum Gasteiger partial charge on any atom is 0.328 e. The lowest BCUT2D eigenvalue weighted by Crippen LogP contribution is -2.45. The van der Waals surface area contributed by atoms with Gasteiger partial charge in [0.2, 0.25) is 11.8 Å². The number of unbranched alkanes of at least 4 members (excludes halogenated alkanes) is 2. The van der Waals surface area contributed by atoms with Crippen LogP contribution in [0.25, 0.3) is 11.3 Å². The number of nitrogens with one attached hydrogen (secondary N) is 4. The van der Waals surface area contributed by atoms with Gasteiger partial charge in [0.1, 0.15) is 11.8 Å². The Kier molecular flexibility index (Phi) is 16.4. The zero-order valence-corrected chi connectivity index (χ0v) is 29.3. The third kappa shape index (κ3) is 12.4. The number of rotatable bonds is 20. The van der Waals surface area contributed by atoms with Crippen LogP contribution in [0, 0.1) is 11.8 Å². The average molecular weight is 707 g/mol. The Hall–Kier alpha value is -5.50. The Morgan fingerprint density at radius 2 is 1.49 bits per heavy atom. The SMILES string of the molecule is CCCCC[C@@H](C(=O)NCNC(=O)c1ccc(-c2ccc(C(=O)N[C@H](CC(=O)OC)C(=O)OC)cc2)o1)[C@@H](CC)C(=O)NOCc1ccccc1. The molecule has 274 valence electrons. The third-order valence-corrected chi connectivity index (χ3v) is 8.13. The first-order valence-corrected chi connectivity index (χ1v) is 16.8. The summed E-state index contributed by atoms with van der Waals surface area (Å²) in [7, 11) is 2.31. The molecule has 0 bridgehead atoms. The summed E-state index contributed by atoms with van der Waals surface area (Å²) in [5.74, 6) is -4.33. The molecule has 3 rings (SSSR count). The van der Waals surface area contributed by atoms with Gasteiger partial charge in [-0.1, -0.05) is 75.6 Å². The Bertz CT molecular complexity index is 1610. The molecule has 0 spiro atoms. The number of benzene rings is 2. The molecule has 2 aromatic carbocycles. The molecule has 0 unspecified atom stereocenters. The van der Waals surface area contributed by atoms with Crippen LogP contribution in [0.2, 0.25) is 0 Å². The second kappa shape index (κ2) is 20.9. The van der Waals surface area contributed by atoms with Crippen LogP contribution in [0.15, 0.2) is 71.1 Å². The van der Waals surface area contributed by atoms with E-state index >= 15 is 0 Å². The number of carbonyl (C=O) groups is 6. The van der Waals surface area contributed by atoms with Crippen LogP contribution in [0.1, 0.15) is 78.8 Å². The molecule has 4 N–H and O–H groups in total. The van der Waals surface area contributed by atoms with Crippen LogP contribution in [-0.4, -0.2) is 62.5 Å². The summed E-state index contributed by atoms with van der Waals surface area (Å²) in [5, 5.41) is 7.80. The van der Waals surface area contributed by atoms with Gasteiger partial charge in [-0.05, 0) is 42.7 Å². The van der Waals surface area contributed by atoms with Crippen molar-refractivity contribution in [3.8, 4) is 11.3 Å². The van der Waals surface area contributed by atoms with E-state index < -0.39 is 48.1 Å². The second-order valence-electron chi connectivity index (χ2n) is 11.7. The van der Waals surface area contributed by atoms with E-state index in [2.05, 4.69) is 37.8 Å². The van der Waals surface area contributed by atoms with Crippen molar-refractivity contribution in [2.75, 3.05) is 20.9 Å². The number of hydroxylamine groups is 1. The molecule has 3 aromatic rings. The molecule has 0 aliphatic rings. The highest BCUT2D eigenvalue weighted by atomic mass is 16.6. The molecule has 14 nitrogen and oxygen atoms in total. The van der Waals surface area contributed by atoms with Gasteiger partial charge in [0.05, 0.1) is 39.8 Å². The van der Waals surface area contributed by atoms with Crippen molar-refractivity contribution in [2.45, 2.75) is 65.0 Å². The van der Waals surface area contributed by atoms with Crippen molar-refractivity contribution in [1.29, 1.82) is 0 Å². The molecular weight excluding hydrogens is 660 g/mol. The molecule has 3 atom stereocenters. The fourth-order valence-corrected chi connectivity index (χ4v) is 5.28. The molecule has 0 fully saturated rings. The first kappa shape index (κ1) is 39.9. The molecular formula is C37H46N4O10. The number of furan rings is 1. The summed E-state index contributed by atoms with van der Waals surface area (Å²) < 4.78 is 15.0. The first-order chi connectivity index (χ1) is 24.6. The first-order valence-electron chi connectivity index (χ1n) is 16.8. The molecule has 51 heavy (non-hydrogen) atoms. The Balaban J connectivity index is 1.56. The number of amides is 4. The van der Waals surface area contributed by atoms with Gasteiger partial charge in [0, 0.05) is 17.0 Å². The monoisotopic (exact) mass is 706 g/mol. The summed E-state index contributed by atoms with van der Waals surface area (Å²) in [6.45, 7) is 3.90. The van der Waals surface area contributed by atoms with Crippen molar-refractivity contribution in [3.05, 3.63) is 83.6 Å². The van der Waals surface area contributed by atoms with E-state index in [1.54, 1.807) is 18.2 Å². The fourth-order valence-electron chi connectivity index (χ4n) is 5.28. The molecule has 4 amide bonds. The lowest BCUT2D eigenvalue weighted by Gasteiger charge is -2.24. The van der Waals surface area contributed by atoms with Crippen LogP contribution >= 0.6 is 0 Å². The summed E-state index contributed by atoms with van der Waals surface area (Å²) >= 11 is 0. The maximum atomic E-state index is 13.3. The van der Waals surface area contributed by atoms with Gasteiger partial charge in [0.25, 0.3) is 11.8 Å². The number of hydrogen-bond donors (Lipinski definition) is 4. The topological polar surface area (TPSA) is 191 Å². The van der Waals surface area contributed by atoms with E-state index in [9.17, 15) is 28.8 Å². The number of ether oxygens (including phenoxy) is 2. The highest BCUT2D eigenvalue weighted by Crippen LogP contribution is 2.24. The summed E-state index contributed by atoms with van der Waals surface area (Å²) in [6, 6.07) is 17.4. The summed E-state index contributed by atoms with van der Waals surface area (Å²) in [6.07, 6.45) is 3.15. The molecule has 1 heterocycles. The average Bonchev–Trinajstić information content (AvgIpc) is 3.65. The summed E-state index contributed by atoms with van der Waals surface area (Å²) in [5.41, 5.74) is 4.15. The quantitative estimate of drug-likeness (QED) is 0.0577. The lowest BCUT2D eigenvalue weighted by atomic mass is 9.84. The number of methoxy groups -OCH3 is 2. The second-order valence-corrected chi connectivity index (χ2v) is 11.7. The Morgan fingerprint density at radius 3 is 2.14 bits per heavy atom. The van der Waals surface area contributed by atoms with Crippen molar-refractivity contribution in [3.63, 3.8) is 0 Å². The molecule has 1 aromatic heterocycles. The Labute approximate surface area is 296 Å². The summed E-state index contributed by atoms with van der Waals surface area (Å²) in [4.78, 5) is 81.0. The predicted octanol–water partition coefficient (Wildman–Crippen LogP) is 4.06. The Morgan fingerprint density at radius 1 is 0.765 bits per heavy atom. The van der Waals surface area contributed by atoms with Crippen LogP contribution < -0.4 is 21.4 Å². The van der Waals surface area contributed by atoms with Crippen molar-refractivity contribution in [1.82, 2.24) is 21.4 Å². The minimum absolute atomic E-state index is 0.00864. The van der Waals surface area contributed by atoms with E-state index in [-0.39, 0.29) is 36.4 Å². The number of carbonyl (C=O) groups excluding carboxylic acids is 6. The smallest absolute Gasteiger partial charge is 0.328 e. The molecule has 0 aliphatic heterocycles. The van der Waals surface area contributed by atoms with Gasteiger partial charge in [0.15, 0.2) is 5.76 Å². The van der Waals surface area contributed by atoms with E-state index in [0.717, 1.165) is 31.9 Å². The molecule has 0 saturated carbocycles. The third-order valence-electron chi connectivity index (χ3n) is 8.13. The predicted molar refractivity (Wildman–Crippen MR) is 185 cm³/mol. The van der Waals surface area contributed by atoms with Crippen LogP contribution in [-0.2, 0) is 40.1 Å². The normalized spacial score (nSPS) is 12.5. The number of hydrogen-bond acceptors (Lipinski definition) is 10. The van der Waals surface area contributed by atoms with Gasteiger partial charge in [-0.25, -0.2) is 10.3 Å². The van der Waals surface area contributed by atoms with Crippen LogP contribution in [0.5, 0.6) is 0 Å². The van der Waals surface area contributed by atoms with Crippen molar-refractivity contribution < 1.29 is 47.5 Å². The van der Waals surface area contributed by atoms with E-state index in [1.807, 2.05) is 37.3 Å². The fraction of sp³-hybridized carbons (Fsp3) is 0.405. The minimum Gasteiger partial charge on any atom is -0.469 e. The molecule has 0 saturated heterocycles. The van der Waals surface area contributed by atoms with Crippen molar-refractivity contribution >= 4 is 35.6 Å².